The molecule has 2 rings (SSSR count). The molecule has 1 aromatic heterocycles. The van der Waals surface area contributed by atoms with Crippen molar-refractivity contribution in [1.82, 2.24) is 10.2 Å². The van der Waals surface area contributed by atoms with Gasteiger partial charge < -0.3 is 15.5 Å². The molecule has 3 N–H and O–H groups in total. The number of para-hydroxylation sites is 1. The topological polar surface area (TPSA) is 94.0 Å². The lowest BCUT2D eigenvalue weighted by atomic mass is 10.1. The molecule has 25 heavy (non-hydrogen) atoms. The zero-order chi connectivity index (χ0) is 17.4. The third-order valence-electron chi connectivity index (χ3n) is 3.37. The van der Waals surface area contributed by atoms with Crippen LogP contribution in [0.15, 0.2) is 33.9 Å². The number of nitrogens with two attached hydrogens (primary N) is 1. The van der Waals surface area contributed by atoms with E-state index < -0.39 is 0 Å². The van der Waals surface area contributed by atoms with E-state index in [4.69, 9.17) is 10.2 Å². The fourth-order valence-corrected chi connectivity index (χ4v) is 3.12. The molecule has 9 heteroatoms. The van der Waals surface area contributed by atoms with Gasteiger partial charge in [-0.05, 0) is 36.5 Å². The predicted molar refractivity (Wildman–Crippen MR) is 107 cm³/mol. The summed E-state index contributed by atoms with van der Waals surface area (Å²) in [7, 11) is 0. The highest BCUT2D eigenvalue weighted by Gasteiger charge is 2.15. The van der Waals surface area contributed by atoms with Gasteiger partial charge in [-0.3, -0.25) is 4.79 Å². The fraction of sp³-hybridized carbons (Fsp3) is 0.438. The third kappa shape index (κ3) is 6.89. The van der Waals surface area contributed by atoms with E-state index >= 15 is 0 Å². The number of halogens is 1. The van der Waals surface area contributed by atoms with Crippen LogP contribution in [0, 0.1) is 0 Å². The summed E-state index contributed by atoms with van der Waals surface area (Å²) in [6, 6.07) is 7.51. The van der Waals surface area contributed by atoms with Crippen molar-refractivity contribution in [3.63, 3.8) is 0 Å². The van der Waals surface area contributed by atoms with E-state index in [2.05, 4.69) is 22.4 Å². The number of nitrogens with zero attached hydrogens (tertiary/aromatic N) is 2. The second-order valence-corrected chi connectivity index (χ2v) is 7.05. The second-order valence-electron chi connectivity index (χ2n) is 5.14. The number of benzene rings is 1. The average molecular weight is 403 g/mol. The Hall–Kier alpha value is -1.22. The Morgan fingerprint density at radius 3 is 2.84 bits per heavy atom. The van der Waals surface area contributed by atoms with Crippen LogP contribution in [0.3, 0.4) is 0 Å². The van der Waals surface area contributed by atoms with Gasteiger partial charge in [0.2, 0.25) is 11.8 Å². The third-order valence-corrected chi connectivity index (χ3v) is 4.83. The smallest absolute Gasteiger partial charge is 0.277 e. The van der Waals surface area contributed by atoms with Gasteiger partial charge >= 0.3 is 0 Å². The number of rotatable bonds is 9. The van der Waals surface area contributed by atoms with E-state index in [1.807, 2.05) is 30.5 Å². The number of nitrogens with one attached hydrogen (secondary N) is 1. The summed E-state index contributed by atoms with van der Waals surface area (Å²) >= 11 is 2.93. The number of hydrogen-bond donors (Lipinski definition) is 2. The predicted octanol–water partition coefficient (Wildman–Crippen LogP) is 3.54. The largest absolute Gasteiger partial charge is 0.414 e. The van der Waals surface area contributed by atoms with Crippen molar-refractivity contribution in [3.8, 4) is 0 Å². The second kappa shape index (κ2) is 11.4. The van der Waals surface area contributed by atoms with Gasteiger partial charge in [0.25, 0.3) is 5.22 Å². The minimum atomic E-state index is -0.260. The molecule has 1 atom stereocenters. The lowest BCUT2D eigenvalue weighted by Gasteiger charge is -2.08. The molecule has 0 saturated carbocycles. The first-order valence-corrected chi connectivity index (χ1v) is 10.1. The molecule has 0 fully saturated rings. The molecule has 1 heterocycles. The maximum Gasteiger partial charge on any atom is 0.277 e. The number of thioether (sulfide) groups is 2. The highest BCUT2D eigenvalue weighted by Crippen LogP contribution is 2.22. The lowest BCUT2D eigenvalue weighted by molar-refractivity contribution is -0.113. The summed E-state index contributed by atoms with van der Waals surface area (Å²) in [5.74, 6) is 1.46. The van der Waals surface area contributed by atoms with Gasteiger partial charge in [-0.1, -0.05) is 36.9 Å². The van der Waals surface area contributed by atoms with Crippen LogP contribution in [0.4, 0.5) is 5.69 Å². The Kier molecular flexibility index (Phi) is 9.96. The number of anilines is 1. The Morgan fingerprint density at radius 1 is 1.36 bits per heavy atom. The Balaban J connectivity index is 0.00000312. The Bertz CT molecular complexity index is 669. The van der Waals surface area contributed by atoms with Crippen LogP contribution in [0.1, 0.15) is 30.8 Å². The van der Waals surface area contributed by atoms with Crippen molar-refractivity contribution >= 4 is 47.5 Å². The summed E-state index contributed by atoms with van der Waals surface area (Å²) < 4.78 is 5.51. The minimum Gasteiger partial charge on any atom is -0.414 e. The summed E-state index contributed by atoms with van der Waals surface area (Å²) in [6.07, 6.45) is 3.67. The molecule has 0 spiro atoms. The number of aromatic nitrogens is 2. The SMILES string of the molecule is CCc1ccccc1NC(=O)CSc1nnc(C(N)CCSC)o1.Cl. The highest BCUT2D eigenvalue weighted by molar-refractivity contribution is 7.99. The van der Waals surface area contributed by atoms with Crippen LogP contribution >= 0.6 is 35.9 Å². The summed E-state index contributed by atoms with van der Waals surface area (Å²) in [4.78, 5) is 12.1. The van der Waals surface area contributed by atoms with Crippen LogP contribution < -0.4 is 11.1 Å². The van der Waals surface area contributed by atoms with Crippen molar-refractivity contribution in [2.24, 2.45) is 5.73 Å². The lowest BCUT2D eigenvalue weighted by Crippen LogP contribution is -2.15. The van der Waals surface area contributed by atoms with Gasteiger partial charge in [0.05, 0.1) is 11.8 Å². The van der Waals surface area contributed by atoms with Gasteiger partial charge in [-0.2, -0.15) is 11.8 Å². The van der Waals surface area contributed by atoms with E-state index in [1.54, 1.807) is 11.8 Å². The van der Waals surface area contributed by atoms with E-state index in [0.29, 0.717) is 11.1 Å². The number of carbonyl (C=O) groups is 1. The molecule has 1 aromatic carbocycles. The number of hydrogen-bond acceptors (Lipinski definition) is 7. The Labute approximate surface area is 162 Å². The first-order chi connectivity index (χ1) is 11.6. The molecule has 6 nitrogen and oxygen atoms in total. The van der Waals surface area contributed by atoms with Crippen LogP contribution in [0.25, 0.3) is 0 Å². The van der Waals surface area contributed by atoms with Gasteiger partial charge in [0.1, 0.15) is 0 Å². The molecule has 1 unspecified atom stereocenters. The molecule has 0 bridgehead atoms. The van der Waals surface area contributed by atoms with Crippen molar-refractivity contribution in [2.75, 3.05) is 23.1 Å². The molecule has 0 aliphatic rings. The molecule has 0 aliphatic heterocycles. The van der Waals surface area contributed by atoms with Crippen molar-refractivity contribution in [2.45, 2.75) is 31.0 Å². The van der Waals surface area contributed by atoms with Crippen LogP contribution in [0.2, 0.25) is 0 Å². The van der Waals surface area contributed by atoms with E-state index in [-0.39, 0.29) is 30.1 Å². The first kappa shape index (κ1) is 21.8. The quantitative estimate of drug-likeness (QED) is 0.619. The average Bonchev–Trinajstić information content (AvgIpc) is 3.07. The van der Waals surface area contributed by atoms with Crippen LogP contribution in [-0.4, -0.2) is 33.9 Å². The minimum absolute atomic E-state index is 0. The Morgan fingerprint density at radius 2 is 2.12 bits per heavy atom. The maximum absolute atomic E-state index is 12.1. The maximum atomic E-state index is 12.1. The van der Waals surface area contributed by atoms with E-state index in [0.717, 1.165) is 29.8 Å². The molecule has 138 valence electrons. The molecule has 2 aromatic rings. The summed E-state index contributed by atoms with van der Waals surface area (Å²) in [6.45, 7) is 2.06. The van der Waals surface area contributed by atoms with Crippen molar-refractivity contribution < 1.29 is 9.21 Å². The molecule has 0 aliphatic carbocycles. The molecular weight excluding hydrogens is 380 g/mol. The van der Waals surface area contributed by atoms with Crippen molar-refractivity contribution in [1.29, 1.82) is 0 Å². The molecule has 0 radical (unpaired) electrons. The van der Waals surface area contributed by atoms with Crippen LogP contribution in [0.5, 0.6) is 0 Å². The van der Waals surface area contributed by atoms with E-state index in [1.165, 1.54) is 11.8 Å². The van der Waals surface area contributed by atoms with Gasteiger partial charge in [-0.25, -0.2) is 0 Å². The van der Waals surface area contributed by atoms with Gasteiger partial charge in [0, 0.05) is 5.69 Å². The monoisotopic (exact) mass is 402 g/mol. The standard InChI is InChI=1S/C16H22N4O2S2.ClH/c1-3-11-6-4-5-7-13(11)18-14(21)10-24-16-20-19-15(22-16)12(17)8-9-23-2;/h4-7,12H,3,8-10,17H2,1-2H3,(H,18,21);1H. The van der Waals surface area contributed by atoms with Gasteiger partial charge in [-0.15, -0.1) is 22.6 Å². The molecule has 1 amide bonds. The normalized spacial score (nSPS) is 11.6. The number of amides is 1. The summed E-state index contributed by atoms with van der Waals surface area (Å²) in [5.41, 5.74) is 7.94. The van der Waals surface area contributed by atoms with Crippen LogP contribution in [-0.2, 0) is 11.2 Å². The number of aryl methyl sites for hydroxylation is 1. The van der Waals surface area contributed by atoms with E-state index in [9.17, 15) is 4.79 Å². The molecular formula is C16H23ClN4O2S2. The van der Waals surface area contributed by atoms with Gasteiger partial charge in [0.15, 0.2) is 0 Å². The highest BCUT2D eigenvalue weighted by atomic mass is 35.5. The summed E-state index contributed by atoms with van der Waals surface area (Å²) in [5, 5.41) is 11.2. The zero-order valence-corrected chi connectivity index (χ0v) is 16.7. The fourth-order valence-electron chi connectivity index (χ4n) is 2.06. The number of carbonyl (C=O) groups excluding carboxylic acids is 1. The molecule has 0 saturated heterocycles. The zero-order valence-electron chi connectivity index (χ0n) is 14.2. The van der Waals surface area contributed by atoms with Crippen molar-refractivity contribution in [3.05, 3.63) is 35.7 Å². The first-order valence-electron chi connectivity index (χ1n) is 7.72.